The predicted octanol–water partition coefficient (Wildman–Crippen LogP) is 4.52. The molecule has 0 aliphatic rings. The average Bonchev–Trinajstić information content (AvgIpc) is 3.03. The van der Waals surface area contributed by atoms with Crippen molar-refractivity contribution < 1.29 is 15.0 Å². The minimum Gasteiger partial charge on any atom is -0.507 e. The monoisotopic (exact) mass is 340 g/mol. The summed E-state index contributed by atoms with van der Waals surface area (Å²) in [5.74, 6) is -1.44. The van der Waals surface area contributed by atoms with Crippen molar-refractivity contribution in [1.29, 1.82) is 0 Å². The van der Waals surface area contributed by atoms with Gasteiger partial charge >= 0.3 is 5.97 Å². The van der Waals surface area contributed by atoms with Crippen LogP contribution in [0.25, 0.3) is 11.3 Å². The van der Waals surface area contributed by atoms with Gasteiger partial charge in [-0.15, -0.1) is 11.3 Å². The number of hydrogen-bond acceptors (Lipinski definition) is 5. The number of carbonyl (C=O) groups is 1. The molecule has 122 valence electrons. The second kappa shape index (κ2) is 6.72. The second-order valence-corrected chi connectivity index (χ2v) is 6.11. The van der Waals surface area contributed by atoms with E-state index >= 15 is 0 Å². The number of thiazole rings is 1. The van der Waals surface area contributed by atoms with Crippen molar-refractivity contribution in [3.05, 3.63) is 59.0 Å². The predicted molar refractivity (Wildman–Crippen MR) is 95.3 cm³/mol. The molecule has 0 unspecified atom stereocenters. The van der Waals surface area contributed by atoms with Crippen molar-refractivity contribution in [3.63, 3.8) is 0 Å². The molecule has 0 bridgehead atoms. The van der Waals surface area contributed by atoms with Gasteiger partial charge in [-0.2, -0.15) is 0 Å². The topological polar surface area (TPSA) is 82.5 Å². The zero-order chi connectivity index (χ0) is 17.1. The Hall–Kier alpha value is -2.86. The molecule has 24 heavy (non-hydrogen) atoms. The Labute approximate surface area is 143 Å². The first-order valence-electron chi connectivity index (χ1n) is 7.45. The fourth-order valence-electron chi connectivity index (χ4n) is 2.29. The highest BCUT2D eigenvalue weighted by Gasteiger charge is 2.11. The Morgan fingerprint density at radius 2 is 1.96 bits per heavy atom. The number of aromatic hydroxyl groups is 1. The van der Waals surface area contributed by atoms with Gasteiger partial charge in [0.15, 0.2) is 5.13 Å². The summed E-state index contributed by atoms with van der Waals surface area (Å²) >= 11 is 1.45. The minimum atomic E-state index is -1.16. The normalized spacial score (nSPS) is 10.5. The maximum atomic E-state index is 10.9. The van der Waals surface area contributed by atoms with Crippen LogP contribution in [-0.4, -0.2) is 21.2 Å². The number of hydrogen-bond donors (Lipinski definition) is 3. The van der Waals surface area contributed by atoms with Gasteiger partial charge in [0, 0.05) is 22.7 Å². The maximum absolute atomic E-state index is 10.9. The number of nitrogens with zero attached hydrogens (tertiary/aromatic N) is 1. The van der Waals surface area contributed by atoms with Crippen LogP contribution in [0.3, 0.4) is 0 Å². The first-order chi connectivity index (χ1) is 11.6. The number of carboxylic acid groups (broad SMARTS) is 1. The van der Waals surface area contributed by atoms with Crippen LogP contribution in [0.2, 0.25) is 0 Å². The molecule has 3 rings (SSSR count). The van der Waals surface area contributed by atoms with Crippen LogP contribution < -0.4 is 5.32 Å². The number of aromatic carboxylic acids is 1. The van der Waals surface area contributed by atoms with Crippen molar-refractivity contribution in [1.82, 2.24) is 4.98 Å². The second-order valence-electron chi connectivity index (χ2n) is 5.25. The van der Waals surface area contributed by atoms with E-state index in [1.807, 2.05) is 17.5 Å². The van der Waals surface area contributed by atoms with Crippen LogP contribution in [0.15, 0.2) is 47.8 Å². The molecule has 0 radical (unpaired) electrons. The van der Waals surface area contributed by atoms with Gasteiger partial charge < -0.3 is 15.5 Å². The van der Waals surface area contributed by atoms with Crippen LogP contribution in [0.1, 0.15) is 22.8 Å². The highest BCUT2D eigenvalue weighted by molar-refractivity contribution is 7.14. The van der Waals surface area contributed by atoms with E-state index in [0.29, 0.717) is 10.8 Å². The van der Waals surface area contributed by atoms with E-state index < -0.39 is 5.97 Å². The van der Waals surface area contributed by atoms with Crippen molar-refractivity contribution in [2.24, 2.45) is 0 Å². The third kappa shape index (κ3) is 3.38. The Morgan fingerprint density at radius 1 is 1.21 bits per heavy atom. The van der Waals surface area contributed by atoms with E-state index in [9.17, 15) is 9.90 Å². The number of nitrogens with one attached hydrogen (secondary N) is 1. The largest absolute Gasteiger partial charge is 0.507 e. The Kier molecular flexibility index (Phi) is 4.48. The van der Waals surface area contributed by atoms with Gasteiger partial charge in [-0.3, -0.25) is 0 Å². The van der Waals surface area contributed by atoms with Crippen LogP contribution >= 0.6 is 11.3 Å². The number of aromatic nitrogens is 1. The molecule has 1 aromatic heterocycles. The van der Waals surface area contributed by atoms with Crippen molar-refractivity contribution in [2.45, 2.75) is 13.3 Å². The fraction of sp³-hybridized carbons (Fsp3) is 0.111. The zero-order valence-electron chi connectivity index (χ0n) is 13.0. The van der Waals surface area contributed by atoms with Gasteiger partial charge in [-0.1, -0.05) is 31.2 Å². The summed E-state index contributed by atoms with van der Waals surface area (Å²) in [5, 5.41) is 24.4. The maximum Gasteiger partial charge on any atom is 0.339 e. The summed E-state index contributed by atoms with van der Waals surface area (Å²) in [4.78, 5) is 15.4. The van der Waals surface area contributed by atoms with Crippen LogP contribution in [-0.2, 0) is 6.42 Å². The van der Waals surface area contributed by atoms with Gasteiger partial charge in [-0.25, -0.2) is 9.78 Å². The Bertz CT molecular complexity index is 872. The van der Waals surface area contributed by atoms with Crippen molar-refractivity contribution in [2.75, 3.05) is 5.32 Å². The van der Waals surface area contributed by atoms with E-state index in [0.717, 1.165) is 17.7 Å². The third-order valence-corrected chi connectivity index (χ3v) is 4.40. The summed E-state index contributed by atoms with van der Waals surface area (Å²) in [6.07, 6.45) is 1.000. The van der Waals surface area contributed by atoms with Gasteiger partial charge in [0.1, 0.15) is 11.3 Å². The number of rotatable bonds is 5. The van der Waals surface area contributed by atoms with E-state index in [2.05, 4.69) is 29.4 Å². The number of aryl methyl sites for hydroxylation is 1. The quantitative estimate of drug-likeness (QED) is 0.636. The molecule has 0 fully saturated rings. The molecular weight excluding hydrogens is 324 g/mol. The number of phenols is 1. The van der Waals surface area contributed by atoms with Crippen LogP contribution in [0, 0.1) is 0 Å². The molecule has 3 N–H and O–H groups in total. The van der Waals surface area contributed by atoms with E-state index in [1.54, 1.807) is 6.07 Å². The highest BCUT2D eigenvalue weighted by Crippen LogP contribution is 2.29. The molecule has 0 saturated heterocycles. The molecule has 1 heterocycles. The van der Waals surface area contributed by atoms with Gasteiger partial charge in [0.05, 0.1) is 5.69 Å². The first kappa shape index (κ1) is 16.0. The van der Waals surface area contributed by atoms with Gasteiger partial charge in [0.25, 0.3) is 0 Å². The van der Waals surface area contributed by atoms with Gasteiger partial charge in [-0.05, 0) is 24.1 Å². The SMILES string of the molecule is CCc1ccc(-c2csc(Nc3ccc(C(=O)O)c(O)c3)n2)cc1. The standard InChI is InChI=1S/C18H16N2O3S/c1-2-11-3-5-12(6-4-11)15-10-24-18(20-15)19-13-7-8-14(17(22)23)16(21)9-13/h3-10,21H,2H2,1H3,(H,19,20)(H,22,23). The summed E-state index contributed by atoms with van der Waals surface area (Å²) in [7, 11) is 0. The van der Waals surface area contributed by atoms with Crippen molar-refractivity contribution in [3.8, 4) is 17.0 Å². The molecule has 0 amide bonds. The molecule has 0 saturated carbocycles. The lowest BCUT2D eigenvalue weighted by molar-refractivity contribution is 0.0694. The molecule has 2 aromatic carbocycles. The Morgan fingerprint density at radius 3 is 2.58 bits per heavy atom. The summed E-state index contributed by atoms with van der Waals surface area (Å²) in [6.45, 7) is 2.12. The molecular formula is C18H16N2O3S. The van der Waals surface area contributed by atoms with E-state index in [1.165, 1.54) is 29.0 Å². The molecule has 0 spiro atoms. The molecule has 0 aliphatic heterocycles. The van der Waals surface area contributed by atoms with Crippen LogP contribution in [0.5, 0.6) is 5.75 Å². The molecule has 3 aromatic rings. The fourth-order valence-corrected chi connectivity index (χ4v) is 3.03. The summed E-state index contributed by atoms with van der Waals surface area (Å²) in [6, 6.07) is 12.6. The summed E-state index contributed by atoms with van der Waals surface area (Å²) < 4.78 is 0. The first-order valence-corrected chi connectivity index (χ1v) is 8.33. The lowest BCUT2D eigenvalue weighted by Crippen LogP contribution is -1.97. The lowest BCUT2D eigenvalue weighted by atomic mass is 10.1. The third-order valence-electron chi connectivity index (χ3n) is 3.64. The number of carboxylic acids is 1. The van der Waals surface area contributed by atoms with E-state index in [-0.39, 0.29) is 11.3 Å². The molecule has 0 aliphatic carbocycles. The smallest absolute Gasteiger partial charge is 0.339 e. The number of anilines is 2. The van der Waals surface area contributed by atoms with Gasteiger partial charge in [0.2, 0.25) is 0 Å². The minimum absolute atomic E-state index is 0.128. The molecule has 0 atom stereocenters. The van der Waals surface area contributed by atoms with Crippen LogP contribution in [0.4, 0.5) is 10.8 Å². The summed E-state index contributed by atoms with van der Waals surface area (Å²) in [5.41, 5.74) is 3.65. The lowest BCUT2D eigenvalue weighted by Gasteiger charge is -2.05. The zero-order valence-corrected chi connectivity index (χ0v) is 13.8. The highest BCUT2D eigenvalue weighted by atomic mass is 32.1. The average molecular weight is 340 g/mol. The molecule has 5 nitrogen and oxygen atoms in total. The Balaban J connectivity index is 1.78. The number of benzene rings is 2. The van der Waals surface area contributed by atoms with Crippen molar-refractivity contribution >= 4 is 28.1 Å². The molecule has 6 heteroatoms. The van der Waals surface area contributed by atoms with E-state index in [4.69, 9.17) is 5.11 Å².